The molecule has 0 radical (unpaired) electrons. The van der Waals surface area contributed by atoms with Crippen LogP contribution in [0.2, 0.25) is 0 Å². The largest absolute Gasteiger partial charge is 0.493 e. The Bertz CT molecular complexity index is 893. The number of carbonyl (C=O) groups excluding carboxylic acids is 1. The van der Waals surface area contributed by atoms with Crippen molar-refractivity contribution in [2.45, 2.75) is 32.9 Å². The molecule has 1 heterocycles. The van der Waals surface area contributed by atoms with Crippen LogP contribution >= 0.6 is 0 Å². The number of rotatable bonds is 8. The van der Waals surface area contributed by atoms with Crippen molar-refractivity contribution in [2.24, 2.45) is 5.10 Å². The van der Waals surface area contributed by atoms with Crippen LogP contribution in [0.1, 0.15) is 42.7 Å². The van der Waals surface area contributed by atoms with Crippen molar-refractivity contribution in [1.29, 1.82) is 0 Å². The molecule has 0 spiro atoms. The smallest absolute Gasteiger partial charge is 0.271 e. The number of morpholine rings is 1. The van der Waals surface area contributed by atoms with Crippen molar-refractivity contribution in [2.75, 3.05) is 33.4 Å². The van der Waals surface area contributed by atoms with Crippen LogP contribution in [-0.2, 0) is 4.74 Å². The summed E-state index contributed by atoms with van der Waals surface area (Å²) in [5.41, 5.74) is 5.09. The van der Waals surface area contributed by atoms with Gasteiger partial charge in [-0.05, 0) is 44.5 Å². The molecule has 1 saturated heterocycles. The van der Waals surface area contributed by atoms with E-state index in [2.05, 4.69) is 27.6 Å². The molecule has 3 rings (SSSR count). The number of carbonyl (C=O) groups is 1. The Morgan fingerprint density at radius 1 is 1.10 bits per heavy atom. The highest BCUT2D eigenvalue weighted by atomic mass is 16.5. The van der Waals surface area contributed by atoms with Crippen molar-refractivity contribution in [3.63, 3.8) is 0 Å². The van der Waals surface area contributed by atoms with Crippen molar-refractivity contribution >= 4 is 11.6 Å². The molecule has 2 aromatic carbocycles. The number of methoxy groups -OCH3 is 1. The summed E-state index contributed by atoms with van der Waals surface area (Å²) >= 11 is 0. The highest BCUT2D eigenvalue weighted by molar-refractivity contribution is 5.96. The van der Waals surface area contributed by atoms with Gasteiger partial charge in [-0.3, -0.25) is 9.69 Å². The summed E-state index contributed by atoms with van der Waals surface area (Å²) in [6, 6.07) is 15.3. The molecule has 7 heteroatoms. The molecule has 1 N–H and O–H groups in total. The topological polar surface area (TPSA) is 72.4 Å². The van der Waals surface area contributed by atoms with Gasteiger partial charge < -0.3 is 14.2 Å². The van der Waals surface area contributed by atoms with Gasteiger partial charge in [0.15, 0.2) is 11.5 Å². The first-order chi connectivity index (χ1) is 15.0. The average Bonchev–Trinajstić information content (AvgIpc) is 2.79. The predicted molar refractivity (Wildman–Crippen MR) is 121 cm³/mol. The number of nitrogens with one attached hydrogen (secondary N) is 1. The molecule has 7 nitrogen and oxygen atoms in total. The molecule has 1 atom stereocenters. The minimum Gasteiger partial charge on any atom is -0.493 e. The van der Waals surface area contributed by atoms with Gasteiger partial charge in [-0.2, -0.15) is 5.10 Å². The second kappa shape index (κ2) is 10.9. The molecule has 1 aliphatic rings. The zero-order valence-corrected chi connectivity index (χ0v) is 18.6. The third kappa shape index (κ3) is 6.06. The number of hydrogen-bond donors (Lipinski definition) is 1. The monoisotopic (exact) mass is 425 g/mol. The maximum atomic E-state index is 12.7. The Kier molecular flexibility index (Phi) is 8.03. The molecule has 1 amide bonds. The Labute approximate surface area is 184 Å². The summed E-state index contributed by atoms with van der Waals surface area (Å²) in [5.74, 6) is 0.810. The number of hydrogen-bond acceptors (Lipinski definition) is 6. The minimum absolute atomic E-state index is 0.0101. The van der Waals surface area contributed by atoms with Crippen molar-refractivity contribution < 1.29 is 19.0 Å². The zero-order chi connectivity index (χ0) is 22.2. The molecule has 0 unspecified atom stereocenters. The van der Waals surface area contributed by atoms with Gasteiger partial charge in [-0.25, -0.2) is 5.43 Å². The molecule has 31 heavy (non-hydrogen) atoms. The van der Waals surface area contributed by atoms with Crippen LogP contribution in [0.3, 0.4) is 0 Å². The van der Waals surface area contributed by atoms with Gasteiger partial charge >= 0.3 is 0 Å². The van der Waals surface area contributed by atoms with Crippen LogP contribution in [0, 0.1) is 0 Å². The fourth-order valence-corrected chi connectivity index (χ4v) is 3.61. The van der Waals surface area contributed by atoms with Gasteiger partial charge in [0.05, 0.1) is 38.2 Å². The second-order valence-corrected chi connectivity index (χ2v) is 7.69. The van der Waals surface area contributed by atoms with Crippen LogP contribution in [0.15, 0.2) is 53.6 Å². The van der Waals surface area contributed by atoms with Gasteiger partial charge in [0.25, 0.3) is 5.91 Å². The summed E-state index contributed by atoms with van der Waals surface area (Å²) in [5, 5.41) is 4.44. The summed E-state index contributed by atoms with van der Waals surface area (Å²) in [7, 11) is 1.55. The Balaban J connectivity index is 1.77. The maximum absolute atomic E-state index is 12.7. The highest BCUT2D eigenvalue weighted by Crippen LogP contribution is 2.29. The lowest BCUT2D eigenvalue weighted by Crippen LogP contribution is -2.42. The van der Waals surface area contributed by atoms with Crippen LogP contribution in [0.25, 0.3) is 0 Å². The van der Waals surface area contributed by atoms with Gasteiger partial charge in [0.2, 0.25) is 0 Å². The van der Waals surface area contributed by atoms with E-state index >= 15 is 0 Å². The van der Waals surface area contributed by atoms with E-state index < -0.39 is 0 Å². The summed E-state index contributed by atoms with van der Waals surface area (Å²) in [4.78, 5) is 15.1. The Morgan fingerprint density at radius 3 is 2.45 bits per heavy atom. The van der Waals surface area contributed by atoms with E-state index in [9.17, 15) is 4.79 Å². The summed E-state index contributed by atoms with van der Waals surface area (Å²) in [6.45, 7) is 8.82. The van der Waals surface area contributed by atoms with E-state index in [-0.39, 0.29) is 18.1 Å². The van der Waals surface area contributed by atoms with Gasteiger partial charge in [0, 0.05) is 18.7 Å². The molecule has 0 saturated carbocycles. The normalized spacial score (nSPS) is 16.1. The van der Waals surface area contributed by atoms with E-state index in [1.807, 2.05) is 39.0 Å². The van der Waals surface area contributed by atoms with Gasteiger partial charge in [-0.15, -0.1) is 0 Å². The fourth-order valence-electron chi connectivity index (χ4n) is 3.61. The van der Waals surface area contributed by atoms with Gasteiger partial charge in [-0.1, -0.05) is 30.3 Å². The van der Waals surface area contributed by atoms with Crippen LogP contribution < -0.4 is 14.9 Å². The number of benzene rings is 2. The lowest BCUT2D eigenvalue weighted by atomic mass is 10.0. The number of amides is 1. The third-order valence-corrected chi connectivity index (χ3v) is 5.04. The highest BCUT2D eigenvalue weighted by Gasteiger charge is 2.25. The second-order valence-electron chi connectivity index (χ2n) is 7.69. The van der Waals surface area contributed by atoms with E-state index in [0.29, 0.717) is 30.3 Å². The Morgan fingerprint density at radius 2 is 1.81 bits per heavy atom. The molecular weight excluding hydrogens is 394 g/mol. The van der Waals surface area contributed by atoms with Crippen LogP contribution in [-0.4, -0.2) is 56.0 Å². The molecule has 0 aliphatic carbocycles. The summed E-state index contributed by atoms with van der Waals surface area (Å²) < 4.78 is 16.6. The van der Waals surface area contributed by atoms with E-state index in [0.717, 1.165) is 24.4 Å². The molecule has 166 valence electrons. The first-order valence-electron chi connectivity index (χ1n) is 10.6. The van der Waals surface area contributed by atoms with Crippen molar-refractivity contribution in [3.8, 4) is 11.5 Å². The maximum Gasteiger partial charge on any atom is 0.271 e. The number of ether oxygens (including phenoxy) is 3. The SMILES string of the molecule is COc1cc(C(=O)N/N=C(/C)[C@H](c2ccccc2)N2CCOCC2)ccc1OC(C)C. The average molecular weight is 426 g/mol. The first kappa shape index (κ1) is 22.8. The van der Waals surface area contributed by atoms with Crippen LogP contribution in [0.4, 0.5) is 0 Å². The zero-order valence-electron chi connectivity index (χ0n) is 18.6. The van der Waals surface area contributed by atoms with E-state index in [1.54, 1.807) is 25.3 Å². The van der Waals surface area contributed by atoms with Crippen molar-refractivity contribution in [1.82, 2.24) is 10.3 Å². The predicted octanol–water partition coefficient (Wildman–Crippen LogP) is 3.66. The van der Waals surface area contributed by atoms with Gasteiger partial charge in [0.1, 0.15) is 0 Å². The quantitative estimate of drug-likeness (QED) is 0.516. The summed E-state index contributed by atoms with van der Waals surface area (Å²) in [6.07, 6.45) is 0.0101. The number of hydrazone groups is 1. The van der Waals surface area contributed by atoms with Crippen molar-refractivity contribution in [3.05, 3.63) is 59.7 Å². The molecule has 1 fully saturated rings. The molecular formula is C24H31N3O4. The van der Waals surface area contributed by atoms with E-state index in [1.165, 1.54) is 0 Å². The first-order valence-corrected chi connectivity index (χ1v) is 10.6. The fraction of sp³-hybridized carbons (Fsp3) is 0.417. The lowest BCUT2D eigenvalue weighted by Gasteiger charge is -2.34. The molecule has 2 aromatic rings. The standard InChI is InChI=1S/C24H31N3O4/c1-17(2)31-21-11-10-20(16-22(21)29-4)24(28)26-25-18(3)23(19-8-6-5-7-9-19)27-12-14-30-15-13-27/h5-11,16-17,23H,12-15H2,1-4H3,(H,26,28)/b25-18-/t23-/m1/s1. The molecule has 0 aromatic heterocycles. The molecule has 0 bridgehead atoms. The number of nitrogens with zero attached hydrogens (tertiary/aromatic N) is 2. The Hall–Kier alpha value is -2.90. The lowest BCUT2D eigenvalue weighted by molar-refractivity contribution is 0.0285. The third-order valence-electron chi connectivity index (χ3n) is 5.04. The van der Waals surface area contributed by atoms with E-state index in [4.69, 9.17) is 14.2 Å². The van der Waals surface area contributed by atoms with Crippen LogP contribution in [0.5, 0.6) is 11.5 Å². The molecule has 1 aliphatic heterocycles. The minimum atomic E-state index is -0.303.